The molecule has 1 amide bonds. The first-order valence-electron chi connectivity index (χ1n) is 10.4. The second-order valence-electron chi connectivity index (χ2n) is 7.75. The molecule has 0 atom stereocenters. The third kappa shape index (κ3) is 5.02. The molecule has 1 aliphatic heterocycles. The molecule has 0 saturated carbocycles. The lowest BCUT2D eigenvalue weighted by atomic mass is 9.90. The number of likely N-dealkylation sites (tertiary alicyclic amines) is 1. The number of aromatic nitrogens is 3. The summed E-state index contributed by atoms with van der Waals surface area (Å²) in [6, 6.07) is 10.3. The number of hydrogen-bond acceptors (Lipinski definition) is 4. The Morgan fingerprint density at radius 3 is 1.90 bits per heavy atom. The number of benzene rings is 1. The highest BCUT2D eigenvalue weighted by Crippen LogP contribution is 2.21. The van der Waals surface area contributed by atoms with Crippen LogP contribution >= 0.6 is 0 Å². The maximum absolute atomic E-state index is 12.9. The molecule has 0 aliphatic carbocycles. The van der Waals surface area contributed by atoms with Gasteiger partial charge in [0.2, 0.25) is 5.91 Å². The van der Waals surface area contributed by atoms with E-state index in [9.17, 15) is 19.2 Å². The molecule has 1 fully saturated rings. The molecule has 0 N–H and O–H groups in total. The minimum Gasteiger partial charge on any atom is -0.341 e. The van der Waals surface area contributed by atoms with E-state index >= 15 is 0 Å². The quantitative estimate of drug-likeness (QED) is 0.592. The lowest BCUT2D eigenvalue weighted by Crippen LogP contribution is -2.56. The summed E-state index contributed by atoms with van der Waals surface area (Å²) in [5.41, 5.74) is -1.06. The van der Waals surface area contributed by atoms with Crippen molar-refractivity contribution < 1.29 is 4.79 Å². The lowest BCUT2D eigenvalue weighted by Gasteiger charge is -2.32. The molecule has 3 rings (SSSR count). The van der Waals surface area contributed by atoms with Gasteiger partial charge in [-0.15, -0.1) is 13.2 Å². The fourth-order valence-electron chi connectivity index (χ4n) is 3.96. The maximum Gasteiger partial charge on any atom is 0.337 e. The average Bonchev–Trinajstić information content (AvgIpc) is 2.78. The summed E-state index contributed by atoms with van der Waals surface area (Å²) in [4.78, 5) is 52.4. The van der Waals surface area contributed by atoms with Crippen LogP contribution in [0.2, 0.25) is 0 Å². The standard InChI is InChI=1S/C23H28N4O4/c1-3-12-25-21(29)26(13-4-2)23(31)27(22(25)30)17-20(28)24-14-10-19(11-15-24)16-18-8-6-5-7-9-18/h3-9,19H,1-2,10-17H2. The molecule has 2 heterocycles. The van der Waals surface area contributed by atoms with Gasteiger partial charge in [0.05, 0.1) is 13.1 Å². The van der Waals surface area contributed by atoms with E-state index < -0.39 is 23.6 Å². The highest BCUT2D eigenvalue weighted by Gasteiger charge is 2.25. The number of rotatable bonds is 8. The van der Waals surface area contributed by atoms with Crippen molar-refractivity contribution >= 4 is 5.91 Å². The zero-order valence-electron chi connectivity index (χ0n) is 17.6. The van der Waals surface area contributed by atoms with Gasteiger partial charge in [-0.2, -0.15) is 0 Å². The summed E-state index contributed by atoms with van der Waals surface area (Å²) in [5, 5.41) is 0. The van der Waals surface area contributed by atoms with Crippen LogP contribution in [0.3, 0.4) is 0 Å². The molecule has 1 saturated heterocycles. The molecular formula is C23H28N4O4. The van der Waals surface area contributed by atoms with Gasteiger partial charge in [0.1, 0.15) is 6.54 Å². The van der Waals surface area contributed by atoms with Crippen molar-refractivity contribution in [3.05, 3.63) is 92.7 Å². The Morgan fingerprint density at radius 1 is 0.871 bits per heavy atom. The number of carbonyl (C=O) groups excluding carboxylic acids is 1. The van der Waals surface area contributed by atoms with E-state index in [1.54, 1.807) is 4.90 Å². The van der Waals surface area contributed by atoms with E-state index in [1.165, 1.54) is 17.7 Å². The predicted molar refractivity (Wildman–Crippen MR) is 119 cm³/mol. The molecule has 1 aliphatic rings. The Balaban J connectivity index is 1.74. The third-order valence-electron chi connectivity index (χ3n) is 5.64. The fourth-order valence-corrected chi connectivity index (χ4v) is 3.96. The van der Waals surface area contributed by atoms with Crippen molar-refractivity contribution in [2.45, 2.75) is 38.9 Å². The van der Waals surface area contributed by atoms with Crippen LogP contribution in [0, 0.1) is 5.92 Å². The van der Waals surface area contributed by atoms with E-state index in [0.29, 0.717) is 19.0 Å². The average molecular weight is 425 g/mol. The molecule has 31 heavy (non-hydrogen) atoms. The monoisotopic (exact) mass is 424 g/mol. The second kappa shape index (κ2) is 10.1. The fraction of sp³-hybridized carbons (Fsp3) is 0.391. The van der Waals surface area contributed by atoms with Gasteiger partial charge in [-0.25, -0.2) is 28.1 Å². The Bertz CT molecular complexity index is 1070. The summed E-state index contributed by atoms with van der Waals surface area (Å²) < 4.78 is 2.63. The van der Waals surface area contributed by atoms with Crippen LogP contribution in [0.25, 0.3) is 0 Å². The van der Waals surface area contributed by atoms with E-state index in [0.717, 1.165) is 33.0 Å². The van der Waals surface area contributed by atoms with Crippen LogP contribution in [-0.2, 0) is 30.8 Å². The SMILES string of the molecule is C=CCn1c(=O)n(CC=C)c(=O)n(CC(=O)N2CCC(Cc3ccccc3)CC2)c1=O. The highest BCUT2D eigenvalue weighted by molar-refractivity contribution is 5.76. The number of amides is 1. The van der Waals surface area contributed by atoms with Gasteiger partial charge in [0.15, 0.2) is 0 Å². The Kier molecular flexibility index (Phi) is 7.23. The number of hydrogen-bond donors (Lipinski definition) is 0. The van der Waals surface area contributed by atoms with Crippen molar-refractivity contribution in [1.29, 1.82) is 0 Å². The van der Waals surface area contributed by atoms with E-state index in [1.807, 2.05) is 18.2 Å². The van der Waals surface area contributed by atoms with Gasteiger partial charge in [0.25, 0.3) is 0 Å². The molecule has 1 aromatic carbocycles. The van der Waals surface area contributed by atoms with Crippen molar-refractivity contribution in [2.75, 3.05) is 13.1 Å². The largest absolute Gasteiger partial charge is 0.341 e. The van der Waals surface area contributed by atoms with Gasteiger partial charge in [-0.1, -0.05) is 42.5 Å². The zero-order chi connectivity index (χ0) is 22.4. The number of piperidine rings is 1. The van der Waals surface area contributed by atoms with E-state index in [-0.39, 0.29) is 19.0 Å². The molecule has 0 spiro atoms. The summed E-state index contributed by atoms with van der Waals surface area (Å²) in [7, 11) is 0. The van der Waals surface area contributed by atoms with Crippen LogP contribution in [-0.4, -0.2) is 37.6 Å². The number of nitrogens with zero attached hydrogens (tertiary/aromatic N) is 4. The number of allylic oxidation sites excluding steroid dienone is 2. The third-order valence-corrected chi connectivity index (χ3v) is 5.64. The predicted octanol–water partition coefficient (Wildman–Crippen LogP) is 1.03. The summed E-state index contributed by atoms with van der Waals surface area (Å²) in [6.45, 7) is 7.77. The van der Waals surface area contributed by atoms with Gasteiger partial charge in [0, 0.05) is 13.1 Å². The topological polar surface area (TPSA) is 86.3 Å². The van der Waals surface area contributed by atoms with Crippen molar-refractivity contribution in [1.82, 2.24) is 18.6 Å². The van der Waals surface area contributed by atoms with E-state index in [2.05, 4.69) is 25.3 Å². The maximum atomic E-state index is 12.9. The Hall–Kier alpha value is -3.42. The van der Waals surface area contributed by atoms with Crippen LogP contribution in [0.5, 0.6) is 0 Å². The summed E-state index contributed by atoms with van der Waals surface area (Å²) >= 11 is 0. The Labute approximate surface area is 180 Å². The molecule has 8 heteroatoms. The first-order chi connectivity index (χ1) is 15.0. The van der Waals surface area contributed by atoms with Gasteiger partial charge in [-0.05, 0) is 30.7 Å². The van der Waals surface area contributed by atoms with Crippen LogP contribution in [0.1, 0.15) is 18.4 Å². The molecule has 0 bridgehead atoms. The molecule has 1 aromatic heterocycles. The van der Waals surface area contributed by atoms with Crippen molar-refractivity contribution in [3.63, 3.8) is 0 Å². The van der Waals surface area contributed by atoms with Gasteiger partial charge in [-0.3, -0.25) is 4.79 Å². The first-order valence-corrected chi connectivity index (χ1v) is 10.4. The zero-order valence-corrected chi connectivity index (χ0v) is 17.6. The molecule has 2 aromatic rings. The molecule has 0 radical (unpaired) electrons. The molecule has 8 nitrogen and oxygen atoms in total. The smallest absolute Gasteiger partial charge is 0.337 e. The van der Waals surface area contributed by atoms with Crippen LogP contribution < -0.4 is 17.1 Å². The van der Waals surface area contributed by atoms with Gasteiger partial charge >= 0.3 is 17.1 Å². The highest BCUT2D eigenvalue weighted by atomic mass is 16.2. The van der Waals surface area contributed by atoms with Crippen LogP contribution in [0.15, 0.2) is 70.0 Å². The molecule has 0 unspecified atom stereocenters. The number of carbonyl (C=O) groups is 1. The van der Waals surface area contributed by atoms with Crippen LogP contribution in [0.4, 0.5) is 0 Å². The molecular weight excluding hydrogens is 396 g/mol. The second-order valence-corrected chi connectivity index (χ2v) is 7.75. The van der Waals surface area contributed by atoms with Gasteiger partial charge < -0.3 is 4.90 Å². The summed E-state index contributed by atoms with van der Waals surface area (Å²) in [5.74, 6) is 0.194. The summed E-state index contributed by atoms with van der Waals surface area (Å²) in [6.07, 6.45) is 5.50. The van der Waals surface area contributed by atoms with Crippen molar-refractivity contribution in [3.8, 4) is 0 Å². The first kappa shape index (κ1) is 22.3. The normalized spacial score (nSPS) is 14.4. The Morgan fingerprint density at radius 2 is 1.39 bits per heavy atom. The minimum atomic E-state index is -0.803. The molecule has 164 valence electrons. The van der Waals surface area contributed by atoms with Crippen molar-refractivity contribution in [2.24, 2.45) is 5.92 Å². The lowest BCUT2D eigenvalue weighted by molar-refractivity contribution is -0.133. The van der Waals surface area contributed by atoms with E-state index in [4.69, 9.17) is 0 Å². The minimum absolute atomic E-state index is 0.0475.